The first-order chi connectivity index (χ1) is 16.5. The third kappa shape index (κ3) is 7.18. The van der Waals surface area contributed by atoms with Gasteiger partial charge < -0.3 is 18.9 Å². The van der Waals surface area contributed by atoms with Crippen LogP contribution >= 0.6 is 11.6 Å². The summed E-state index contributed by atoms with van der Waals surface area (Å²) in [5.41, 5.74) is -0.957. The van der Waals surface area contributed by atoms with Crippen molar-refractivity contribution >= 4 is 17.6 Å². The zero-order valence-corrected chi connectivity index (χ0v) is 20.9. The van der Waals surface area contributed by atoms with Gasteiger partial charge in [-0.3, -0.25) is 9.36 Å². The molecule has 0 bridgehead atoms. The number of carbonyl (C=O) groups excluding carboxylic acids is 1. The van der Waals surface area contributed by atoms with Gasteiger partial charge in [-0.05, 0) is 58.2 Å². The number of esters is 1. The van der Waals surface area contributed by atoms with Gasteiger partial charge in [-0.25, -0.2) is 4.79 Å². The summed E-state index contributed by atoms with van der Waals surface area (Å²) in [5, 5.41) is 0.258. The number of pyridine rings is 1. The minimum atomic E-state index is -3.08. The number of aromatic nitrogens is 1. The highest BCUT2D eigenvalue weighted by atomic mass is 35.5. The Morgan fingerprint density at radius 2 is 1.91 bits per heavy atom. The van der Waals surface area contributed by atoms with Crippen LogP contribution in [0.15, 0.2) is 35.3 Å². The number of carbonyl (C=O) groups is 1. The molecule has 0 radical (unpaired) electrons. The SMILES string of the molecule is COc1cn(C(CC2CCCCO2)C(=O)OC(C)(C)C)c(=O)cc1-c1cc(Cl)ccc1OC(F)F. The summed E-state index contributed by atoms with van der Waals surface area (Å²) in [6, 6.07) is 4.34. The smallest absolute Gasteiger partial charge is 0.387 e. The topological polar surface area (TPSA) is 76.0 Å². The van der Waals surface area contributed by atoms with Gasteiger partial charge >= 0.3 is 12.6 Å². The van der Waals surface area contributed by atoms with Crippen molar-refractivity contribution in [1.29, 1.82) is 0 Å². The Kier molecular flexibility index (Phi) is 8.77. The molecule has 0 spiro atoms. The lowest BCUT2D eigenvalue weighted by Crippen LogP contribution is -2.37. The van der Waals surface area contributed by atoms with Crippen LogP contribution in [0.25, 0.3) is 11.1 Å². The van der Waals surface area contributed by atoms with Gasteiger partial charge in [0.05, 0.1) is 19.4 Å². The summed E-state index contributed by atoms with van der Waals surface area (Å²) in [4.78, 5) is 26.5. The third-order valence-electron chi connectivity index (χ3n) is 5.49. The Morgan fingerprint density at radius 3 is 2.51 bits per heavy atom. The average molecular weight is 514 g/mol. The molecule has 2 aromatic rings. The number of hydrogen-bond acceptors (Lipinski definition) is 6. The van der Waals surface area contributed by atoms with Crippen LogP contribution in [0.3, 0.4) is 0 Å². The van der Waals surface area contributed by atoms with Crippen LogP contribution in [0.4, 0.5) is 8.78 Å². The van der Waals surface area contributed by atoms with Crippen molar-refractivity contribution in [2.75, 3.05) is 13.7 Å². The van der Waals surface area contributed by atoms with Crippen LogP contribution in [0.5, 0.6) is 11.5 Å². The minimum Gasteiger partial charge on any atom is -0.495 e. The lowest BCUT2D eigenvalue weighted by atomic mass is 10.0. The van der Waals surface area contributed by atoms with E-state index < -0.39 is 29.8 Å². The number of hydrogen-bond donors (Lipinski definition) is 0. The van der Waals surface area contributed by atoms with Gasteiger partial charge in [-0.1, -0.05) is 11.6 Å². The molecule has 1 aromatic heterocycles. The molecule has 10 heteroatoms. The first-order valence-electron chi connectivity index (χ1n) is 11.4. The molecule has 1 aromatic carbocycles. The maximum absolute atomic E-state index is 13.3. The fourth-order valence-corrected chi connectivity index (χ4v) is 4.16. The van der Waals surface area contributed by atoms with Crippen molar-refractivity contribution in [3.05, 3.63) is 45.8 Å². The highest BCUT2D eigenvalue weighted by molar-refractivity contribution is 6.31. The first-order valence-corrected chi connectivity index (χ1v) is 11.8. The molecule has 0 amide bonds. The Hall–Kier alpha value is -2.65. The molecule has 192 valence electrons. The highest BCUT2D eigenvalue weighted by Crippen LogP contribution is 2.38. The second-order valence-electron chi connectivity index (χ2n) is 9.29. The van der Waals surface area contributed by atoms with Gasteiger partial charge in [-0.2, -0.15) is 8.78 Å². The van der Waals surface area contributed by atoms with Crippen LogP contribution in [0.1, 0.15) is 52.5 Å². The van der Waals surface area contributed by atoms with Crippen molar-refractivity contribution in [2.45, 2.75) is 70.8 Å². The summed E-state index contributed by atoms with van der Waals surface area (Å²) in [6.07, 6.45) is 4.08. The van der Waals surface area contributed by atoms with E-state index in [9.17, 15) is 18.4 Å². The number of rotatable bonds is 8. The van der Waals surface area contributed by atoms with Crippen molar-refractivity contribution in [1.82, 2.24) is 4.57 Å². The van der Waals surface area contributed by atoms with Crippen LogP contribution in [-0.4, -0.2) is 42.6 Å². The van der Waals surface area contributed by atoms with E-state index in [1.165, 1.54) is 42.1 Å². The van der Waals surface area contributed by atoms with E-state index in [0.29, 0.717) is 6.61 Å². The predicted molar refractivity (Wildman–Crippen MR) is 127 cm³/mol. The van der Waals surface area contributed by atoms with E-state index in [1.807, 2.05) is 0 Å². The summed E-state index contributed by atoms with van der Waals surface area (Å²) in [7, 11) is 1.37. The molecular formula is C25H30ClF2NO6. The van der Waals surface area contributed by atoms with E-state index in [-0.39, 0.29) is 40.2 Å². The van der Waals surface area contributed by atoms with Crippen LogP contribution < -0.4 is 15.0 Å². The van der Waals surface area contributed by atoms with E-state index in [2.05, 4.69) is 4.74 Å². The van der Waals surface area contributed by atoms with Crippen LogP contribution in [-0.2, 0) is 14.3 Å². The lowest BCUT2D eigenvalue weighted by Gasteiger charge is -2.29. The molecular weight excluding hydrogens is 484 g/mol. The first kappa shape index (κ1) is 26.9. The second-order valence-corrected chi connectivity index (χ2v) is 9.73. The van der Waals surface area contributed by atoms with Crippen LogP contribution in [0, 0.1) is 0 Å². The fraction of sp³-hybridized carbons (Fsp3) is 0.520. The quantitative estimate of drug-likeness (QED) is 0.426. The summed E-state index contributed by atoms with van der Waals surface area (Å²) in [5.74, 6) is -0.573. The standard InChI is InChI=1S/C25H30ClF2NO6/c1-25(2,3)35-23(31)19(12-16-7-5-6-10-33-16)29-14-21(32-4)18(13-22(29)30)17-11-15(26)8-9-20(17)34-24(27)28/h8-9,11,13-14,16,19,24H,5-7,10,12H2,1-4H3. The average Bonchev–Trinajstić information content (AvgIpc) is 2.78. The second kappa shape index (κ2) is 11.4. The van der Waals surface area contributed by atoms with Crippen molar-refractivity contribution < 1.29 is 32.5 Å². The Balaban J connectivity index is 2.08. The van der Waals surface area contributed by atoms with Crippen LogP contribution in [0.2, 0.25) is 5.02 Å². The number of benzene rings is 1. The van der Waals surface area contributed by atoms with Crippen molar-refractivity contribution in [3.63, 3.8) is 0 Å². The number of alkyl halides is 2. The monoisotopic (exact) mass is 513 g/mol. The van der Waals surface area contributed by atoms with Gasteiger partial charge in [0.25, 0.3) is 5.56 Å². The van der Waals surface area contributed by atoms with Crippen molar-refractivity contribution in [2.24, 2.45) is 0 Å². The normalized spacial score (nSPS) is 17.2. The molecule has 2 heterocycles. The molecule has 0 saturated carbocycles. The predicted octanol–water partition coefficient (Wildman–Crippen LogP) is 5.62. The molecule has 1 aliphatic heterocycles. The van der Waals surface area contributed by atoms with Crippen molar-refractivity contribution in [3.8, 4) is 22.6 Å². The third-order valence-corrected chi connectivity index (χ3v) is 5.72. The number of halogens is 3. The molecule has 3 rings (SSSR count). The minimum absolute atomic E-state index is 0.156. The molecule has 35 heavy (non-hydrogen) atoms. The van der Waals surface area contributed by atoms with E-state index in [1.54, 1.807) is 20.8 Å². The summed E-state index contributed by atoms with van der Waals surface area (Å²) < 4.78 is 48.7. The summed E-state index contributed by atoms with van der Waals surface area (Å²) in [6.45, 7) is 2.75. The van der Waals surface area contributed by atoms with Gasteiger partial charge in [0.15, 0.2) is 0 Å². The largest absolute Gasteiger partial charge is 0.495 e. The Bertz CT molecular complexity index is 1090. The molecule has 2 unspecified atom stereocenters. The van der Waals surface area contributed by atoms with E-state index >= 15 is 0 Å². The lowest BCUT2D eigenvalue weighted by molar-refractivity contribution is -0.160. The number of methoxy groups -OCH3 is 1. The molecule has 0 aliphatic carbocycles. The number of nitrogens with zero attached hydrogens (tertiary/aromatic N) is 1. The van der Waals surface area contributed by atoms with Gasteiger partial charge in [0, 0.05) is 35.2 Å². The molecule has 0 N–H and O–H groups in total. The zero-order valence-electron chi connectivity index (χ0n) is 20.2. The zero-order chi connectivity index (χ0) is 25.8. The van der Waals surface area contributed by atoms with E-state index in [4.69, 9.17) is 25.8 Å². The molecule has 1 fully saturated rings. The van der Waals surface area contributed by atoms with Gasteiger partial charge in [0.1, 0.15) is 23.1 Å². The number of ether oxygens (including phenoxy) is 4. The maximum Gasteiger partial charge on any atom is 0.387 e. The molecule has 1 saturated heterocycles. The Morgan fingerprint density at radius 1 is 1.20 bits per heavy atom. The van der Waals surface area contributed by atoms with E-state index in [0.717, 1.165) is 19.3 Å². The molecule has 1 aliphatic rings. The van der Waals surface area contributed by atoms with Gasteiger partial charge in [-0.15, -0.1) is 0 Å². The Labute approximate surface area is 207 Å². The highest BCUT2D eigenvalue weighted by Gasteiger charge is 2.32. The molecule has 7 nitrogen and oxygen atoms in total. The van der Waals surface area contributed by atoms with Gasteiger partial charge in [0.2, 0.25) is 0 Å². The summed E-state index contributed by atoms with van der Waals surface area (Å²) >= 11 is 6.09. The fourth-order valence-electron chi connectivity index (χ4n) is 3.99. The molecule has 2 atom stereocenters. The maximum atomic E-state index is 13.3.